The van der Waals surface area contributed by atoms with Crippen molar-refractivity contribution in [2.75, 3.05) is 13.6 Å². The topological polar surface area (TPSA) is 60.9 Å². The van der Waals surface area contributed by atoms with E-state index in [0.717, 1.165) is 18.4 Å². The van der Waals surface area contributed by atoms with Crippen molar-refractivity contribution in [2.45, 2.75) is 44.7 Å². The number of aliphatic carboxylic acids is 1. The van der Waals surface area contributed by atoms with Crippen molar-refractivity contribution in [3.63, 3.8) is 0 Å². The monoisotopic (exact) mass is 310 g/mol. The molecule has 2 rings (SSSR count). The summed E-state index contributed by atoms with van der Waals surface area (Å²) in [6, 6.07) is 1.80. The van der Waals surface area contributed by atoms with E-state index in [1.807, 2.05) is 23.8 Å². The average Bonchev–Trinajstić information content (AvgIpc) is 3.08. The Hall–Kier alpha value is -1.56. The predicted molar refractivity (Wildman–Crippen MR) is 82.4 cm³/mol. The molecular formula is C15H22N2O3S. The molecule has 1 unspecified atom stereocenters. The number of urea groups is 1. The lowest BCUT2D eigenvalue weighted by Crippen LogP contribution is -2.56. The molecule has 1 aromatic rings. The third-order valence-corrected chi connectivity index (χ3v) is 4.84. The SMILES string of the molecule is CCCC1(C(=O)O)CCCN1C(=O)N(C)Cc1ccsc1. The van der Waals surface area contributed by atoms with E-state index in [0.29, 0.717) is 25.9 Å². The number of carboxylic acids is 1. The Morgan fingerprint density at radius 1 is 1.52 bits per heavy atom. The van der Waals surface area contributed by atoms with Crippen LogP contribution in [0.25, 0.3) is 0 Å². The van der Waals surface area contributed by atoms with Gasteiger partial charge in [0.05, 0.1) is 0 Å². The first-order valence-electron chi connectivity index (χ1n) is 7.28. The second-order valence-corrected chi connectivity index (χ2v) is 6.39. The van der Waals surface area contributed by atoms with Gasteiger partial charge in [-0.2, -0.15) is 11.3 Å². The molecule has 1 aliphatic rings. The quantitative estimate of drug-likeness (QED) is 0.909. The maximum absolute atomic E-state index is 12.7. The van der Waals surface area contributed by atoms with Gasteiger partial charge in [0.15, 0.2) is 0 Å². The molecule has 1 saturated heterocycles. The van der Waals surface area contributed by atoms with Crippen LogP contribution < -0.4 is 0 Å². The van der Waals surface area contributed by atoms with Crippen LogP contribution in [-0.4, -0.2) is 46.0 Å². The van der Waals surface area contributed by atoms with Crippen molar-refractivity contribution in [3.05, 3.63) is 22.4 Å². The Balaban J connectivity index is 2.14. The van der Waals surface area contributed by atoms with Crippen LogP contribution in [0.15, 0.2) is 16.8 Å². The predicted octanol–water partition coefficient (Wildman–Crippen LogP) is 3.02. The molecule has 1 N–H and O–H groups in total. The van der Waals surface area contributed by atoms with Gasteiger partial charge >= 0.3 is 12.0 Å². The fraction of sp³-hybridized carbons (Fsp3) is 0.600. The first-order valence-corrected chi connectivity index (χ1v) is 8.23. The number of likely N-dealkylation sites (tertiary alicyclic amines) is 1. The normalized spacial score (nSPS) is 21.5. The lowest BCUT2D eigenvalue weighted by Gasteiger charge is -2.37. The van der Waals surface area contributed by atoms with E-state index < -0.39 is 11.5 Å². The van der Waals surface area contributed by atoms with Crippen molar-refractivity contribution in [1.82, 2.24) is 9.80 Å². The van der Waals surface area contributed by atoms with Gasteiger partial charge in [-0.25, -0.2) is 9.59 Å². The van der Waals surface area contributed by atoms with Gasteiger partial charge in [0, 0.05) is 20.1 Å². The van der Waals surface area contributed by atoms with Gasteiger partial charge in [-0.3, -0.25) is 0 Å². The number of thiophene rings is 1. The fourth-order valence-electron chi connectivity index (χ4n) is 3.09. The molecule has 2 heterocycles. The van der Waals surface area contributed by atoms with Crippen molar-refractivity contribution in [1.29, 1.82) is 0 Å². The number of carboxylic acid groups (broad SMARTS) is 1. The van der Waals surface area contributed by atoms with E-state index in [1.165, 1.54) is 0 Å². The Morgan fingerprint density at radius 2 is 2.29 bits per heavy atom. The summed E-state index contributed by atoms with van der Waals surface area (Å²) in [6.45, 7) is 3.00. The molecule has 116 valence electrons. The van der Waals surface area contributed by atoms with Crippen LogP contribution in [0, 0.1) is 0 Å². The zero-order chi connectivity index (χ0) is 15.5. The van der Waals surface area contributed by atoms with Gasteiger partial charge in [-0.15, -0.1) is 0 Å². The minimum Gasteiger partial charge on any atom is -0.479 e. The van der Waals surface area contributed by atoms with Gasteiger partial charge < -0.3 is 14.9 Å². The lowest BCUT2D eigenvalue weighted by atomic mass is 9.91. The van der Waals surface area contributed by atoms with Gasteiger partial charge in [0.25, 0.3) is 0 Å². The maximum atomic E-state index is 12.7. The van der Waals surface area contributed by atoms with E-state index in [4.69, 9.17) is 0 Å². The Morgan fingerprint density at radius 3 is 2.86 bits per heavy atom. The van der Waals surface area contributed by atoms with Gasteiger partial charge in [0.1, 0.15) is 5.54 Å². The fourth-order valence-corrected chi connectivity index (χ4v) is 3.75. The minimum atomic E-state index is -1.02. The molecule has 5 nitrogen and oxygen atoms in total. The molecule has 0 aliphatic carbocycles. The summed E-state index contributed by atoms with van der Waals surface area (Å²) in [7, 11) is 1.73. The molecule has 0 saturated carbocycles. The molecule has 0 aromatic carbocycles. The van der Waals surface area contributed by atoms with Crippen LogP contribution >= 0.6 is 11.3 Å². The van der Waals surface area contributed by atoms with Crippen LogP contribution in [0.3, 0.4) is 0 Å². The van der Waals surface area contributed by atoms with E-state index >= 15 is 0 Å². The average molecular weight is 310 g/mol. The molecule has 1 atom stereocenters. The van der Waals surface area contributed by atoms with E-state index in [2.05, 4.69) is 0 Å². The van der Waals surface area contributed by atoms with Crippen LogP contribution in [0.5, 0.6) is 0 Å². The molecule has 21 heavy (non-hydrogen) atoms. The highest BCUT2D eigenvalue weighted by Gasteiger charge is 2.49. The van der Waals surface area contributed by atoms with E-state index in [-0.39, 0.29) is 6.03 Å². The number of nitrogens with zero attached hydrogens (tertiary/aromatic N) is 2. The Bertz CT molecular complexity index is 503. The maximum Gasteiger partial charge on any atom is 0.329 e. The summed E-state index contributed by atoms with van der Waals surface area (Å²) < 4.78 is 0. The molecular weight excluding hydrogens is 288 g/mol. The zero-order valence-electron chi connectivity index (χ0n) is 12.5. The van der Waals surface area contributed by atoms with Gasteiger partial charge in [0.2, 0.25) is 0 Å². The highest BCUT2D eigenvalue weighted by Crippen LogP contribution is 2.35. The second-order valence-electron chi connectivity index (χ2n) is 5.61. The Kier molecular flexibility index (Phi) is 4.88. The van der Waals surface area contributed by atoms with Crippen LogP contribution in [-0.2, 0) is 11.3 Å². The van der Waals surface area contributed by atoms with E-state index in [1.54, 1.807) is 28.2 Å². The molecule has 0 radical (unpaired) electrons. The number of rotatable bonds is 5. The largest absolute Gasteiger partial charge is 0.479 e. The van der Waals surface area contributed by atoms with Crippen LogP contribution in [0.4, 0.5) is 4.79 Å². The van der Waals surface area contributed by atoms with E-state index in [9.17, 15) is 14.7 Å². The molecule has 1 aliphatic heterocycles. The summed E-state index contributed by atoms with van der Waals surface area (Å²) in [5, 5.41) is 13.6. The van der Waals surface area contributed by atoms with Crippen molar-refractivity contribution < 1.29 is 14.7 Å². The first kappa shape index (κ1) is 15.8. The number of hydrogen-bond acceptors (Lipinski definition) is 3. The highest BCUT2D eigenvalue weighted by molar-refractivity contribution is 7.07. The minimum absolute atomic E-state index is 0.186. The number of carbonyl (C=O) groups is 2. The molecule has 1 aromatic heterocycles. The molecule has 6 heteroatoms. The van der Waals surface area contributed by atoms with Crippen molar-refractivity contribution in [2.24, 2.45) is 0 Å². The zero-order valence-corrected chi connectivity index (χ0v) is 13.4. The third-order valence-electron chi connectivity index (χ3n) is 4.11. The number of amides is 2. The highest BCUT2D eigenvalue weighted by atomic mass is 32.1. The summed E-state index contributed by atoms with van der Waals surface area (Å²) in [5.74, 6) is -0.876. The standard InChI is InChI=1S/C15H22N2O3S/c1-3-6-15(13(18)19)7-4-8-17(15)14(20)16(2)10-12-5-9-21-11-12/h5,9,11H,3-4,6-8,10H2,1-2H3,(H,18,19). The third kappa shape index (κ3) is 3.05. The lowest BCUT2D eigenvalue weighted by molar-refractivity contribution is -0.148. The first-order chi connectivity index (χ1) is 10.0. The van der Waals surface area contributed by atoms with Gasteiger partial charge in [-0.05, 0) is 41.7 Å². The molecule has 0 spiro atoms. The summed E-state index contributed by atoms with van der Waals surface area (Å²) in [4.78, 5) is 27.6. The molecule has 2 amide bonds. The molecule has 0 bridgehead atoms. The van der Waals surface area contributed by atoms with Crippen LogP contribution in [0.1, 0.15) is 38.2 Å². The van der Waals surface area contributed by atoms with Crippen molar-refractivity contribution >= 4 is 23.3 Å². The summed E-state index contributed by atoms with van der Waals surface area (Å²) >= 11 is 1.59. The van der Waals surface area contributed by atoms with Crippen LogP contribution in [0.2, 0.25) is 0 Å². The summed E-state index contributed by atoms with van der Waals surface area (Å²) in [5.41, 5.74) is 0.0563. The smallest absolute Gasteiger partial charge is 0.329 e. The second kappa shape index (κ2) is 6.47. The van der Waals surface area contributed by atoms with Gasteiger partial charge in [-0.1, -0.05) is 13.3 Å². The summed E-state index contributed by atoms with van der Waals surface area (Å²) in [6.07, 6.45) is 2.57. The number of carbonyl (C=O) groups excluding carboxylic acids is 1. The van der Waals surface area contributed by atoms with Crippen molar-refractivity contribution in [3.8, 4) is 0 Å². The molecule has 1 fully saturated rings. The number of hydrogen-bond donors (Lipinski definition) is 1. The Labute approximate surface area is 129 Å².